The van der Waals surface area contributed by atoms with Gasteiger partial charge in [-0.2, -0.15) is 0 Å². The molecule has 1 aliphatic heterocycles. The summed E-state index contributed by atoms with van der Waals surface area (Å²) in [4.78, 5) is 26.5. The van der Waals surface area contributed by atoms with Crippen molar-refractivity contribution in [1.82, 2.24) is 4.90 Å². The number of sulfonamides is 1. The first kappa shape index (κ1) is 25.9. The van der Waals surface area contributed by atoms with E-state index in [-0.39, 0.29) is 37.8 Å². The van der Waals surface area contributed by atoms with Gasteiger partial charge in [-0.25, -0.2) is 13.2 Å². The van der Waals surface area contributed by atoms with Gasteiger partial charge in [0.05, 0.1) is 40.4 Å². The number of hydrogen-bond acceptors (Lipinski definition) is 7. The number of methoxy groups -OCH3 is 2. The third-order valence-electron chi connectivity index (χ3n) is 5.24. The molecule has 0 bridgehead atoms. The standard InChI is InChI=1S/C22H24Cl2N2O7S/c1-13(21(27)26-8-4-5-9-26)33-22(28)15-10-14(6-7-16(15)23)34(29,30)25-18-11-17(24)19(31-2)12-20(18)32-3/h6-7,10-13,25H,4-5,8-9H2,1-3H3/t13-/m1/s1. The Morgan fingerprint density at radius 1 is 1.00 bits per heavy atom. The lowest BCUT2D eigenvalue weighted by Crippen LogP contribution is -2.38. The van der Waals surface area contributed by atoms with Gasteiger partial charge in [0.1, 0.15) is 11.5 Å². The molecule has 2 aromatic rings. The van der Waals surface area contributed by atoms with Crippen LogP contribution in [-0.2, 0) is 19.6 Å². The third kappa shape index (κ3) is 5.68. The zero-order chi connectivity index (χ0) is 25.0. The zero-order valence-corrected chi connectivity index (χ0v) is 21.1. The maximum atomic E-state index is 13.0. The number of carbonyl (C=O) groups excluding carboxylic acids is 2. The number of ether oxygens (including phenoxy) is 3. The van der Waals surface area contributed by atoms with E-state index < -0.39 is 22.1 Å². The molecule has 12 heteroatoms. The number of carbonyl (C=O) groups is 2. The summed E-state index contributed by atoms with van der Waals surface area (Å²) < 4.78 is 44.0. The van der Waals surface area contributed by atoms with E-state index in [0.29, 0.717) is 18.8 Å². The Kier molecular flexibility index (Phi) is 8.17. The average molecular weight is 531 g/mol. The van der Waals surface area contributed by atoms with E-state index >= 15 is 0 Å². The molecule has 1 heterocycles. The molecule has 0 aliphatic carbocycles. The molecule has 1 fully saturated rings. The van der Waals surface area contributed by atoms with Gasteiger partial charge in [-0.3, -0.25) is 9.52 Å². The molecule has 2 aromatic carbocycles. The van der Waals surface area contributed by atoms with E-state index in [1.54, 1.807) is 4.90 Å². The number of likely N-dealkylation sites (tertiary alicyclic amines) is 1. The van der Waals surface area contributed by atoms with Gasteiger partial charge in [-0.15, -0.1) is 0 Å². The summed E-state index contributed by atoms with van der Waals surface area (Å²) >= 11 is 12.2. The number of rotatable bonds is 8. The number of benzene rings is 2. The Bertz CT molecular complexity index is 1200. The fourth-order valence-corrected chi connectivity index (χ4v) is 4.96. The summed E-state index contributed by atoms with van der Waals surface area (Å²) in [6.07, 6.45) is 0.760. The van der Waals surface area contributed by atoms with Crippen molar-refractivity contribution < 1.29 is 32.2 Å². The number of hydrogen-bond donors (Lipinski definition) is 1. The number of anilines is 1. The highest BCUT2D eigenvalue weighted by Gasteiger charge is 2.28. The normalized spacial score (nSPS) is 14.4. The van der Waals surface area contributed by atoms with Gasteiger partial charge in [0, 0.05) is 19.2 Å². The minimum atomic E-state index is -4.18. The SMILES string of the molecule is COc1cc(OC)c(NS(=O)(=O)c2ccc(Cl)c(C(=O)O[C@H](C)C(=O)N3CCCC3)c2)cc1Cl. The van der Waals surface area contributed by atoms with E-state index in [0.717, 1.165) is 18.9 Å². The van der Waals surface area contributed by atoms with Crippen LogP contribution in [-0.4, -0.2) is 58.6 Å². The van der Waals surface area contributed by atoms with E-state index in [2.05, 4.69) is 4.72 Å². The van der Waals surface area contributed by atoms with Gasteiger partial charge in [0.15, 0.2) is 6.10 Å². The summed E-state index contributed by atoms with van der Waals surface area (Å²) in [5.74, 6) is -0.744. The molecule has 0 aromatic heterocycles. The molecule has 1 atom stereocenters. The molecule has 184 valence electrons. The Morgan fingerprint density at radius 3 is 2.26 bits per heavy atom. The van der Waals surface area contributed by atoms with Crippen LogP contribution < -0.4 is 14.2 Å². The molecule has 3 rings (SSSR count). The molecular formula is C22H24Cl2N2O7S. The van der Waals surface area contributed by atoms with Gasteiger partial charge in [0.2, 0.25) is 0 Å². The van der Waals surface area contributed by atoms with Crippen molar-refractivity contribution in [1.29, 1.82) is 0 Å². The van der Waals surface area contributed by atoms with Crippen LogP contribution in [0.2, 0.25) is 10.0 Å². The van der Waals surface area contributed by atoms with Gasteiger partial charge in [-0.05, 0) is 44.0 Å². The molecule has 1 amide bonds. The quantitative estimate of drug-likeness (QED) is 0.513. The first-order valence-electron chi connectivity index (χ1n) is 10.3. The van der Waals surface area contributed by atoms with Crippen LogP contribution in [0.4, 0.5) is 5.69 Å². The monoisotopic (exact) mass is 530 g/mol. The second kappa shape index (κ2) is 10.7. The highest BCUT2D eigenvalue weighted by Crippen LogP contribution is 2.37. The molecule has 9 nitrogen and oxygen atoms in total. The largest absolute Gasteiger partial charge is 0.495 e. The summed E-state index contributed by atoms with van der Waals surface area (Å²) in [5, 5.41) is 0.146. The Hall–Kier alpha value is -2.69. The van der Waals surface area contributed by atoms with Crippen LogP contribution in [0.3, 0.4) is 0 Å². The number of nitrogens with zero attached hydrogens (tertiary/aromatic N) is 1. The lowest BCUT2D eigenvalue weighted by Gasteiger charge is -2.20. The van der Waals surface area contributed by atoms with Crippen molar-refractivity contribution in [3.63, 3.8) is 0 Å². The van der Waals surface area contributed by atoms with Crippen molar-refractivity contribution in [2.24, 2.45) is 0 Å². The van der Waals surface area contributed by atoms with Crippen molar-refractivity contribution in [2.75, 3.05) is 32.0 Å². The van der Waals surface area contributed by atoms with E-state index in [4.69, 9.17) is 37.4 Å². The lowest BCUT2D eigenvalue weighted by atomic mass is 10.2. The van der Waals surface area contributed by atoms with Crippen LogP contribution in [0.1, 0.15) is 30.1 Å². The fourth-order valence-electron chi connectivity index (χ4n) is 3.44. The van der Waals surface area contributed by atoms with Crippen LogP contribution >= 0.6 is 23.2 Å². The second-order valence-electron chi connectivity index (χ2n) is 7.51. The average Bonchev–Trinajstić information content (AvgIpc) is 3.33. The molecular weight excluding hydrogens is 507 g/mol. The molecule has 0 spiro atoms. The van der Waals surface area contributed by atoms with Gasteiger partial charge in [-0.1, -0.05) is 23.2 Å². The summed E-state index contributed by atoms with van der Waals surface area (Å²) in [6, 6.07) is 6.35. The molecule has 1 aliphatic rings. The molecule has 34 heavy (non-hydrogen) atoms. The highest BCUT2D eigenvalue weighted by atomic mass is 35.5. The van der Waals surface area contributed by atoms with E-state index in [1.165, 1.54) is 45.4 Å². The van der Waals surface area contributed by atoms with Crippen molar-refractivity contribution in [3.05, 3.63) is 45.9 Å². The number of esters is 1. The van der Waals surface area contributed by atoms with E-state index in [9.17, 15) is 18.0 Å². The number of halogens is 2. The number of nitrogens with one attached hydrogen (secondary N) is 1. The van der Waals surface area contributed by atoms with Gasteiger partial charge >= 0.3 is 5.97 Å². The second-order valence-corrected chi connectivity index (χ2v) is 10.0. The predicted molar refractivity (Wildman–Crippen MR) is 128 cm³/mol. The predicted octanol–water partition coefficient (Wildman–Crippen LogP) is 3.98. The smallest absolute Gasteiger partial charge is 0.340 e. The summed E-state index contributed by atoms with van der Waals surface area (Å²) in [7, 11) is -1.41. The lowest BCUT2D eigenvalue weighted by molar-refractivity contribution is -0.138. The van der Waals surface area contributed by atoms with Crippen LogP contribution in [0, 0.1) is 0 Å². The fraction of sp³-hybridized carbons (Fsp3) is 0.364. The number of amides is 1. The minimum Gasteiger partial charge on any atom is -0.495 e. The van der Waals surface area contributed by atoms with Crippen molar-refractivity contribution in [2.45, 2.75) is 30.8 Å². The zero-order valence-electron chi connectivity index (χ0n) is 18.8. The highest BCUT2D eigenvalue weighted by molar-refractivity contribution is 7.92. The Morgan fingerprint density at radius 2 is 1.65 bits per heavy atom. The molecule has 1 saturated heterocycles. The molecule has 0 unspecified atom stereocenters. The van der Waals surface area contributed by atoms with Crippen LogP contribution in [0.15, 0.2) is 35.2 Å². The summed E-state index contributed by atoms with van der Waals surface area (Å²) in [5.41, 5.74) is -0.123. The Balaban J connectivity index is 1.84. The molecule has 0 saturated carbocycles. The maximum Gasteiger partial charge on any atom is 0.340 e. The van der Waals surface area contributed by atoms with Crippen molar-refractivity contribution >= 4 is 50.8 Å². The van der Waals surface area contributed by atoms with Crippen LogP contribution in [0.25, 0.3) is 0 Å². The minimum absolute atomic E-state index is 0.0187. The third-order valence-corrected chi connectivity index (χ3v) is 7.22. The van der Waals surface area contributed by atoms with Crippen LogP contribution in [0.5, 0.6) is 11.5 Å². The first-order chi connectivity index (χ1) is 16.1. The molecule has 0 radical (unpaired) electrons. The Labute approximate surface area is 207 Å². The topological polar surface area (TPSA) is 111 Å². The maximum absolute atomic E-state index is 13.0. The van der Waals surface area contributed by atoms with E-state index in [1.807, 2.05) is 0 Å². The van der Waals surface area contributed by atoms with Gasteiger partial charge < -0.3 is 19.1 Å². The first-order valence-corrected chi connectivity index (χ1v) is 12.5. The summed E-state index contributed by atoms with van der Waals surface area (Å²) in [6.45, 7) is 2.69. The van der Waals surface area contributed by atoms with Gasteiger partial charge in [0.25, 0.3) is 15.9 Å². The molecule has 1 N–H and O–H groups in total. The van der Waals surface area contributed by atoms with Crippen molar-refractivity contribution in [3.8, 4) is 11.5 Å².